The molecule has 0 amide bonds. The highest BCUT2D eigenvalue weighted by Gasteiger charge is 2.23. The first-order valence-corrected chi connectivity index (χ1v) is 4.18. The molecule has 0 saturated carbocycles. The van der Waals surface area contributed by atoms with E-state index in [1.807, 2.05) is 0 Å². The molecule has 0 unspecified atom stereocenters. The molecule has 1 aliphatic rings. The molecular weight excluding hydrogens is 154 g/mol. The number of hydrogen-bond acceptors (Lipinski definition) is 3. The Balaban J connectivity index is 2.19. The largest absolute Gasteiger partial charge is 0.391 e. The summed E-state index contributed by atoms with van der Waals surface area (Å²) in [5.74, 6) is 6.16. The van der Waals surface area contributed by atoms with Crippen LogP contribution < -0.4 is 5.32 Å². The van der Waals surface area contributed by atoms with Crippen molar-refractivity contribution in [1.82, 2.24) is 5.32 Å². The van der Waals surface area contributed by atoms with Crippen molar-refractivity contribution in [3.8, 4) is 11.8 Å². The van der Waals surface area contributed by atoms with Crippen LogP contribution >= 0.6 is 0 Å². The van der Waals surface area contributed by atoms with Crippen LogP contribution in [0, 0.1) is 17.8 Å². The van der Waals surface area contributed by atoms with Crippen molar-refractivity contribution in [2.75, 3.05) is 26.8 Å². The summed E-state index contributed by atoms with van der Waals surface area (Å²) in [6, 6.07) is 0. The van der Waals surface area contributed by atoms with Gasteiger partial charge in [-0.1, -0.05) is 5.92 Å². The standard InChI is InChI=1S/C9H15NO2/c1-12-5-3-2-4-8-6-10-7-9(8)11/h8-11H,4-7H2,1H3/t8-,9-/m1/s1. The predicted molar refractivity (Wildman–Crippen MR) is 46.6 cm³/mol. The fraction of sp³-hybridized carbons (Fsp3) is 0.778. The van der Waals surface area contributed by atoms with E-state index in [4.69, 9.17) is 4.74 Å². The molecule has 3 heteroatoms. The summed E-state index contributed by atoms with van der Waals surface area (Å²) in [7, 11) is 1.63. The van der Waals surface area contributed by atoms with Gasteiger partial charge in [0.1, 0.15) is 6.61 Å². The molecule has 1 rings (SSSR count). The first-order valence-electron chi connectivity index (χ1n) is 4.18. The topological polar surface area (TPSA) is 41.5 Å². The molecule has 3 nitrogen and oxygen atoms in total. The number of rotatable bonds is 2. The first kappa shape index (κ1) is 9.53. The molecule has 0 aromatic heterocycles. The molecule has 1 fully saturated rings. The van der Waals surface area contributed by atoms with E-state index in [2.05, 4.69) is 17.2 Å². The molecule has 1 aliphatic heterocycles. The molecule has 2 atom stereocenters. The average Bonchev–Trinajstić information content (AvgIpc) is 2.46. The maximum atomic E-state index is 9.38. The number of hydrogen-bond donors (Lipinski definition) is 2. The third kappa shape index (κ3) is 2.82. The van der Waals surface area contributed by atoms with Gasteiger partial charge >= 0.3 is 0 Å². The van der Waals surface area contributed by atoms with Gasteiger partial charge in [0.25, 0.3) is 0 Å². The number of β-amino-alcohol motifs (C(OH)–C–C–N with tert-alkyl or cyclic N) is 1. The summed E-state index contributed by atoms with van der Waals surface area (Å²) in [6.45, 7) is 2.07. The molecule has 2 N–H and O–H groups in total. The zero-order valence-corrected chi connectivity index (χ0v) is 7.34. The van der Waals surface area contributed by atoms with Gasteiger partial charge in [-0.2, -0.15) is 0 Å². The van der Waals surface area contributed by atoms with Crippen LogP contribution in [-0.4, -0.2) is 38.0 Å². The third-order valence-electron chi connectivity index (χ3n) is 2.01. The Bertz CT molecular complexity index is 183. The molecule has 68 valence electrons. The molecule has 0 aromatic carbocycles. The lowest BCUT2D eigenvalue weighted by molar-refractivity contribution is 0.150. The van der Waals surface area contributed by atoms with E-state index in [9.17, 15) is 5.11 Å². The summed E-state index contributed by atoms with van der Waals surface area (Å²) in [6.07, 6.45) is 0.541. The van der Waals surface area contributed by atoms with Gasteiger partial charge in [0.2, 0.25) is 0 Å². The van der Waals surface area contributed by atoms with Crippen molar-refractivity contribution in [2.45, 2.75) is 12.5 Å². The second kappa shape index (κ2) is 5.15. The van der Waals surface area contributed by atoms with Crippen LogP contribution in [0.5, 0.6) is 0 Å². The van der Waals surface area contributed by atoms with E-state index in [1.165, 1.54) is 0 Å². The van der Waals surface area contributed by atoms with Crippen molar-refractivity contribution in [1.29, 1.82) is 0 Å². The van der Waals surface area contributed by atoms with Gasteiger partial charge in [-0.05, 0) is 0 Å². The van der Waals surface area contributed by atoms with Gasteiger partial charge in [0.05, 0.1) is 6.10 Å². The van der Waals surface area contributed by atoms with Crippen molar-refractivity contribution >= 4 is 0 Å². The number of aliphatic hydroxyl groups is 1. The number of nitrogens with one attached hydrogen (secondary N) is 1. The Labute approximate surface area is 73.1 Å². The van der Waals surface area contributed by atoms with Gasteiger partial charge in [-0.15, -0.1) is 5.92 Å². The molecule has 12 heavy (non-hydrogen) atoms. The minimum atomic E-state index is -0.221. The van der Waals surface area contributed by atoms with Crippen LogP contribution in [0.2, 0.25) is 0 Å². The molecule has 0 bridgehead atoms. The van der Waals surface area contributed by atoms with Crippen molar-refractivity contribution in [3.63, 3.8) is 0 Å². The summed E-state index contributed by atoms with van der Waals surface area (Å²) in [5.41, 5.74) is 0. The Kier molecular flexibility index (Phi) is 4.09. The van der Waals surface area contributed by atoms with Crippen LogP contribution in [0.15, 0.2) is 0 Å². The number of aliphatic hydroxyl groups excluding tert-OH is 1. The lowest BCUT2D eigenvalue weighted by atomic mass is 10.0. The van der Waals surface area contributed by atoms with Crippen molar-refractivity contribution in [3.05, 3.63) is 0 Å². The maximum Gasteiger partial charge on any atom is 0.107 e. The Morgan fingerprint density at radius 1 is 1.50 bits per heavy atom. The number of ether oxygens (including phenoxy) is 1. The minimum absolute atomic E-state index is 0.221. The van der Waals surface area contributed by atoms with E-state index < -0.39 is 0 Å². The minimum Gasteiger partial charge on any atom is -0.391 e. The van der Waals surface area contributed by atoms with Crippen molar-refractivity contribution < 1.29 is 9.84 Å². The van der Waals surface area contributed by atoms with E-state index in [-0.39, 0.29) is 6.10 Å². The average molecular weight is 169 g/mol. The van der Waals surface area contributed by atoms with Crippen LogP contribution in [0.4, 0.5) is 0 Å². The highest BCUT2D eigenvalue weighted by atomic mass is 16.5. The molecule has 0 spiro atoms. The maximum absolute atomic E-state index is 9.38. The predicted octanol–water partition coefficient (Wildman–Crippen LogP) is -0.393. The normalized spacial score (nSPS) is 28.2. The van der Waals surface area contributed by atoms with Gasteiger partial charge in [-0.25, -0.2) is 0 Å². The molecular formula is C9H15NO2. The summed E-state index contributed by atoms with van der Waals surface area (Å²) in [5, 5.41) is 12.5. The lowest BCUT2D eigenvalue weighted by Gasteiger charge is -2.07. The summed E-state index contributed by atoms with van der Waals surface area (Å²) < 4.78 is 4.78. The van der Waals surface area contributed by atoms with E-state index in [1.54, 1.807) is 7.11 Å². The summed E-state index contributed by atoms with van der Waals surface area (Å²) in [4.78, 5) is 0. The molecule has 0 aliphatic carbocycles. The second-order valence-corrected chi connectivity index (χ2v) is 2.98. The van der Waals surface area contributed by atoms with Gasteiger partial charge < -0.3 is 15.2 Å². The smallest absolute Gasteiger partial charge is 0.107 e. The van der Waals surface area contributed by atoms with Crippen LogP contribution in [0.25, 0.3) is 0 Å². The lowest BCUT2D eigenvalue weighted by Crippen LogP contribution is -2.17. The van der Waals surface area contributed by atoms with Crippen LogP contribution in [0.1, 0.15) is 6.42 Å². The van der Waals surface area contributed by atoms with E-state index >= 15 is 0 Å². The van der Waals surface area contributed by atoms with Gasteiger partial charge in [-0.3, -0.25) is 0 Å². The van der Waals surface area contributed by atoms with Crippen LogP contribution in [0.3, 0.4) is 0 Å². The van der Waals surface area contributed by atoms with E-state index in [0.29, 0.717) is 19.1 Å². The van der Waals surface area contributed by atoms with Crippen LogP contribution in [-0.2, 0) is 4.74 Å². The van der Waals surface area contributed by atoms with Gasteiger partial charge in [0, 0.05) is 32.5 Å². The fourth-order valence-electron chi connectivity index (χ4n) is 1.25. The molecule has 1 saturated heterocycles. The molecule has 0 aromatic rings. The Morgan fingerprint density at radius 3 is 2.92 bits per heavy atom. The summed E-state index contributed by atoms with van der Waals surface area (Å²) >= 11 is 0. The Morgan fingerprint density at radius 2 is 2.33 bits per heavy atom. The van der Waals surface area contributed by atoms with E-state index in [0.717, 1.165) is 13.0 Å². The second-order valence-electron chi connectivity index (χ2n) is 2.98. The monoisotopic (exact) mass is 169 g/mol. The number of methoxy groups -OCH3 is 1. The van der Waals surface area contributed by atoms with Gasteiger partial charge in [0.15, 0.2) is 0 Å². The van der Waals surface area contributed by atoms with Crippen molar-refractivity contribution in [2.24, 2.45) is 5.92 Å². The molecule has 1 heterocycles. The highest BCUT2D eigenvalue weighted by Crippen LogP contribution is 2.11. The zero-order valence-electron chi connectivity index (χ0n) is 7.34. The zero-order chi connectivity index (χ0) is 8.81. The quantitative estimate of drug-likeness (QED) is 0.553. The SMILES string of the molecule is COCC#CC[C@@H]1CNC[C@H]1O. The fourth-order valence-corrected chi connectivity index (χ4v) is 1.25. The highest BCUT2D eigenvalue weighted by molar-refractivity contribution is 5.02. The first-order chi connectivity index (χ1) is 5.84. The molecule has 0 radical (unpaired) electrons. The third-order valence-corrected chi connectivity index (χ3v) is 2.01. The Hall–Kier alpha value is -0.560.